The summed E-state index contributed by atoms with van der Waals surface area (Å²) >= 11 is 0. The fourth-order valence-electron chi connectivity index (χ4n) is 2.96. The molecule has 122 valence electrons. The van der Waals surface area contributed by atoms with E-state index >= 15 is 0 Å². The zero-order valence-corrected chi connectivity index (χ0v) is 13.3. The van der Waals surface area contributed by atoms with Gasteiger partial charge in [0.25, 0.3) is 5.91 Å². The second-order valence-corrected chi connectivity index (χ2v) is 6.16. The van der Waals surface area contributed by atoms with E-state index in [4.69, 9.17) is 9.47 Å². The van der Waals surface area contributed by atoms with Gasteiger partial charge in [0.15, 0.2) is 6.61 Å². The summed E-state index contributed by atoms with van der Waals surface area (Å²) in [5.41, 5.74) is 1.28. The molecule has 5 heteroatoms. The van der Waals surface area contributed by atoms with E-state index in [9.17, 15) is 9.59 Å². The van der Waals surface area contributed by atoms with Crippen LogP contribution in [0.4, 0.5) is 0 Å². The minimum Gasteiger partial charge on any atom is -0.488 e. The van der Waals surface area contributed by atoms with Crippen LogP contribution >= 0.6 is 0 Å². The normalized spacial score (nSPS) is 20.1. The Morgan fingerprint density at radius 2 is 2.17 bits per heavy atom. The molecule has 1 fully saturated rings. The number of rotatable bonds is 3. The molecule has 0 N–H and O–H groups in total. The maximum Gasteiger partial charge on any atom is 0.338 e. The van der Waals surface area contributed by atoms with Crippen LogP contribution in [-0.2, 0) is 14.3 Å². The molecule has 2 aliphatic heterocycles. The fraction of sp³-hybridized carbons (Fsp3) is 0.444. The third-order valence-electron chi connectivity index (χ3n) is 4.23. The third-order valence-corrected chi connectivity index (χ3v) is 4.23. The number of fused-ring (bicyclic) bond motifs is 1. The van der Waals surface area contributed by atoms with E-state index in [1.54, 1.807) is 11.0 Å². The fourth-order valence-corrected chi connectivity index (χ4v) is 2.96. The van der Waals surface area contributed by atoms with Gasteiger partial charge in [0.2, 0.25) is 0 Å². The molecule has 0 radical (unpaired) electrons. The number of likely N-dealkylation sites (tertiary alicyclic amines) is 1. The smallest absolute Gasteiger partial charge is 0.338 e. The van der Waals surface area contributed by atoms with Gasteiger partial charge >= 0.3 is 5.97 Å². The number of carbonyl (C=O) groups is 2. The molecule has 3 rings (SSSR count). The van der Waals surface area contributed by atoms with Crippen molar-refractivity contribution in [2.75, 3.05) is 26.3 Å². The number of hydrogen-bond acceptors (Lipinski definition) is 4. The molecule has 23 heavy (non-hydrogen) atoms. The Morgan fingerprint density at radius 3 is 3.00 bits per heavy atom. The molecule has 1 unspecified atom stereocenters. The quantitative estimate of drug-likeness (QED) is 0.803. The summed E-state index contributed by atoms with van der Waals surface area (Å²) < 4.78 is 10.7. The Labute approximate surface area is 135 Å². The third kappa shape index (κ3) is 3.73. The Hall–Kier alpha value is -2.30. The number of benzene rings is 1. The SMILES string of the molecule is CC1CCCN(C(=O)COC(=O)C2=Cc3ccccc3OC2)C1. The Morgan fingerprint density at radius 1 is 1.35 bits per heavy atom. The van der Waals surface area contributed by atoms with Crippen LogP contribution in [0.2, 0.25) is 0 Å². The monoisotopic (exact) mass is 315 g/mol. The summed E-state index contributed by atoms with van der Waals surface area (Å²) in [7, 11) is 0. The molecule has 0 spiro atoms. The van der Waals surface area contributed by atoms with E-state index < -0.39 is 5.97 Å². The predicted octanol–water partition coefficient (Wildman–Crippen LogP) is 2.26. The summed E-state index contributed by atoms with van der Waals surface area (Å²) in [5, 5.41) is 0. The van der Waals surface area contributed by atoms with Crippen molar-refractivity contribution in [2.45, 2.75) is 19.8 Å². The second-order valence-electron chi connectivity index (χ2n) is 6.16. The van der Waals surface area contributed by atoms with Crippen molar-refractivity contribution >= 4 is 18.0 Å². The summed E-state index contributed by atoms with van der Waals surface area (Å²) in [6.07, 6.45) is 3.92. The van der Waals surface area contributed by atoms with Crippen molar-refractivity contribution in [1.82, 2.24) is 4.90 Å². The lowest BCUT2D eigenvalue weighted by atomic mass is 10.0. The van der Waals surface area contributed by atoms with Crippen molar-refractivity contribution in [3.63, 3.8) is 0 Å². The average Bonchev–Trinajstić information content (AvgIpc) is 2.59. The highest BCUT2D eigenvalue weighted by Gasteiger charge is 2.23. The van der Waals surface area contributed by atoms with Gasteiger partial charge in [-0.05, 0) is 30.9 Å². The number of ether oxygens (including phenoxy) is 2. The molecule has 1 amide bonds. The van der Waals surface area contributed by atoms with Gasteiger partial charge in [-0.15, -0.1) is 0 Å². The van der Waals surface area contributed by atoms with Gasteiger partial charge in [-0.3, -0.25) is 4.79 Å². The highest BCUT2D eigenvalue weighted by atomic mass is 16.5. The molecule has 0 bridgehead atoms. The van der Waals surface area contributed by atoms with Gasteiger partial charge in [0.1, 0.15) is 12.4 Å². The topological polar surface area (TPSA) is 55.8 Å². The van der Waals surface area contributed by atoms with Crippen LogP contribution in [0.15, 0.2) is 29.8 Å². The van der Waals surface area contributed by atoms with Gasteiger partial charge in [0.05, 0.1) is 5.57 Å². The first kappa shape index (κ1) is 15.6. The molecule has 0 saturated carbocycles. The number of para-hydroxylation sites is 1. The highest BCUT2D eigenvalue weighted by Crippen LogP contribution is 2.26. The lowest BCUT2D eigenvalue weighted by molar-refractivity contribution is -0.150. The van der Waals surface area contributed by atoms with Crippen molar-refractivity contribution in [2.24, 2.45) is 5.92 Å². The zero-order valence-electron chi connectivity index (χ0n) is 13.3. The largest absolute Gasteiger partial charge is 0.488 e. The molecular weight excluding hydrogens is 294 g/mol. The molecule has 0 aliphatic carbocycles. The van der Waals surface area contributed by atoms with Crippen LogP contribution in [0.25, 0.3) is 6.08 Å². The van der Waals surface area contributed by atoms with Gasteiger partial charge in [-0.1, -0.05) is 25.1 Å². The maximum absolute atomic E-state index is 12.1. The van der Waals surface area contributed by atoms with E-state index in [1.807, 2.05) is 24.3 Å². The van der Waals surface area contributed by atoms with Gasteiger partial charge < -0.3 is 14.4 Å². The second kappa shape index (κ2) is 6.86. The predicted molar refractivity (Wildman–Crippen MR) is 85.9 cm³/mol. The molecule has 2 aliphatic rings. The number of carbonyl (C=O) groups excluding carboxylic acids is 2. The summed E-state index contributed by atoms with van der Waals surface area (Å²) in [4.78, 5) is 26.0. The zero-order chi connectivity index (χ0) is 16.2. The highest BCUT2D eigenvalue weighted by molar-refractivity contribution is 5.96. The molecule has 5 nitrogen and oxygen atoms in total. The summed E-state index contributed by atoms with van der Waals surface area (Å²) in [6.45, 7) is 3.60. The van der Waals surface area contributed by atoms with Gasteiger partial charge in [0, 0.05) is 18.7 Å². The van der Waals surface area contributed by atoms with E-state index in [0.717, 1.165) is 37.2 Å². The Kier molecular flexibility index (Phi) is 4.65. The minimum absolute atomic E-state index is 0.123. The lowest BCUT2D eigenvalue weighted by Crippen LogP contribution is -2.41. The first-order chi connectivity index (χ1) is 11.1. The number of esters is 1. The number of piperidine rings is 1. The van der Waals surface area contributed by atoms with E-state index in [1.165, 1.54) is 0 Å². The molecular formula is C18H21NO4. The standard InChI is InChI=1S/C18H21NO4/c1-13-5-4-8-19(10-13)17(20)12-23-18(21)15-9-14-6-2-3-7-16(14)22-11-15/h2-3,6-7,9,13H,4-5,8,10-12H2,1H3. The molecule has 1 atom stereocenters. The van der Waals surface area contributed by atoms with E-state index in [2.05, 4.69) is 6.92 Å². The van der Waals surface area contributed by atoms with Crippen LogP contribution < -0.4 is 4.74 Å². The molecule has 1 saturated heterocycles. The van der Waals surface area contributed by atoms with E-state index in [0.29, 0.717) is 11.5 Å². The molecule has 2 heterocycles. The van der Waals surface area contributed by atoms with Crippen LogP contribution in [-0.4, -0.2) is 43.1 Å². The average molecular weight is 315 g/mol. The first-order valence-corrected chi connectivity index (χ1v) is 8.01. The molecule has 0 aromatic heterocycles. The molecule has 1 aromatic rings. The molecule has 1 aromatic carbocycles. The first-order valence-electron chi connectivity index (χ1n) is 8.01. The van der Waals surface area contributed by atoms with Crippen LogP contribution in [0.3, 0.4) is 0 Å². The van der Waals surface area contributed by atoms with Crippen molar-refractivity contribution in [3.05, 3.63) is 35.4 Å². The van der Waals surface area contributed by atoms with Crippen molar-refractivity contribution in [3.8, 4) is 5.75 Å². The summed E-state index contributed by atoms with van der Waals surface area (Å²) in [5.74, 6) is 0.650. The van der Waals surface area contributed by atoms with Crippen LogP contribution in [0.1, 0.15) is 25.3 Å². The van der Waals surface area contributed by atoms with Gasteiger partial charge in [-0.2, -0.15) is 0 Å². The van der Waals surface area contributed by atoms with Crippen LogP contribution in [0, 0.1) is 5.92 Å². The number of amides is 1. The van der Waals surface area contributed by atoms with Crippen LogP contribution in [0.5, 0.6) is 5.75 Å². The Bertz CT molecular complexity index is 638. The number of nitrogens with zero attached hydrogens (tertiary/aromatic N) is 1. The number of hydrogen-bond donors (Lipinski definition) is 0. The van der Waals surface area contributed by atoms with Crippen molar-refractivity contribution < 1.29 is 19.1 Å². The lowest BCUT2D eigenvalue weighted by Gasteiger charge is -2.30. The Balaban J connectivity index is 1.56. The van der Waals surface area contributed by atoms with Gasteiger partial charge in [-0.25, -0.2) is 4.79 Å². The maximum atomic E-state index is 12.1. The summed E-state index contributed by atoms with van der Waals surface area (Å²) in [6, 6.07) is 7.50. The van der Waals surface area contributed by atoms with E-state index in [-0.39, 0.29) is 19.1 Å². The minimum atomic E-state index is -0.488. The van der Waals surface area contributed by atoms with Crippen molar-refractivity contribution in [1.29, 1.82) is 0 Å².